The van der Waals surface area contributed by atoms with Crippen LogP contribution in [-0.2, 0) is 4.74 Å². The second-order valence-electron chi connectivity index (χ2n) is 3.56. The third kappa shape index (κ3) is 2.37. The maximum absolute atomic E-state index is 11.1. The number of carbonyl (C=O) groups is 1. The quantitative estimate of drug-likeness (QED) is 0.655. The van der Waals surface area contributed by atoms with Crippen molar-refractivity contribution in [2.45, 2.75) is 38.3 Å². The summed E-state index contributed by atoms with van der Waals surface area (Å²) in [5.74, 6) is 0. The fraction of sp³-hybridized carbons (Fsp3) is 0.875. The summed E-state index contributed by atoms with van der Waals surface area (Å²) in [6, 6.07) is 0. The number of ether oxygens (including phenoxy) is 1. The topological polar surface area (TPSA) is 64.3 Å². The smallest absolute Gasteiger partial charge is 0.407 e. The van der Waals surface area contributed by atoms with Crippen molar-refractivity contribution in [3.05, 3.63) is 0 Å². The fourth-order valence-electron chi connectivity index (χ4n) is 0.991. The van der Waals surface area contributed by atoms with E-state index in [-0.39, 0.29) is 17.7 Å². The van der Waals surface area contributed by atoms with Crippen molar-refractivity contribution in [1.29, 1.82) is 0 Å². The summed E-state index contributed by atoms with van der Waals surface area (Å²) in [4.78, 5) is 11.1. The molecule has 12 heavy (non-hydrogen) atoms. The Hall–Kier alpha value is -0.770. The fourth-order valence-corrected chi connectivity index (χ4v) is 0.991. The molecule has 4 heteroatoms. The average molecular weight is 172 g/mol. The Labute approximate surface area is 72.5 Å². The normalized spacial score (nSPS) is 19.0. The zero-order valence-electron chi connectivity index (χ0n) is 7.59. The molecule has 1 aliphatic rings. The van der Waals surface area contributed by atoms with Crippen LogP contribution in [-0.4, -0.2) is 24.3 Å². The van der Waals surface area contributed by atoms with Gasteiger partial charge in [-0.3, -0.25) is 0 Å². The van der Waals surface area contributed by atoms with E-state index in [9.17, 15) is 4.79 Å². The zero-order valence-corrected chi connectivity index (χ0v) is 7.59. The first-order valence-corrected chi connectivity index (χ1v) is 4.27. The van der Waals surface area contributed by atoms with Gasteiger partial charge in [0.25, 0.3) is 0 Å². The number of hydrogen-bond acceptors (Lipinski definition) is 3. The number of nitrogens with one attached hydrogen (secondary N) is 1. The molecular formula is C8H16N2O2. The number of nitrogens with two attached hydrogens (primary N) is 1. The van der Waals surface area contributed by atoms with E-state index in [1.807, 2.05) is 13.8 Å². The SMILES string of the molecule is CC(C)OC(=O)NC1(CN)CC1. The van der Waals surface area contributed by atoms with Crippen LogP contribution in [0.25, 0.3) is 0 Å². The molecule has 0 radical (unpaired) electrons. The van der Waals surface area contributed by atoms with Crippen molar-refractivity contribution >= 4 is 6.09 Å². The highest BCUT2D eigenvalue weighted by Gasteiger charge is 2.43. The van der Waals surface area contributed by atoms with Gasteiger partial charge >= 0.3 is 6.09 Å². The molecule has 0 aromatic heterocycles. The van der Waals surface area contributed by atoms with Gasteiger partial charge in [0.15, 0.2) is 0 Å². The summed E-state index contributed by atoms with van der Waals surface area (Å²) in [6.45, 7) is 4.14. The molecule has 70 valence electrons. The molecule has 0 aromatic rings. The van der Waals surface area contributed by atoms with Gasteiger partial charge in [0.2, 0.25) is 0 Å². The first-order valence-electron chi connectivity index (χ1n) is 4.27. The molecule has 1 amide bonds. The molecule has 1 rings (SSSR count). The van der Waals surface area contributed by atoms with E-state index >= 15 is 0 Å². The van der Waals surface area contributed by atoms with E-state index in [0.29, 0.717) is 6.54 Å². The van der Waals surface area contributed by atoms with Crippen molar-refractivity contribution in [1.82, 2.24) is 5.32 Å². The molecule has 1 fully saturated rings. The minimum Gasteiger partial charge on any atom is -0.447 e. The number of hydrogen-bond donors (Lipinski definition) is 2. The predicted molar refractivity (Wildman–Crippen MR) is 45.8 cm³/mol. The molecule has 0 aliphatic heterocycles. The summed E-state index contributed by atoms with van der Waals surface area (Å²) in [7, 11) is 0. The maximum atomic E-state index is 11.1. The van der Waals surface area contributed by atoms with Gasteiger partial charge in [0.1, 0.15) is 0 Å². The first-order chi connectivity index (χ1) is 5.58. The number of rotatable bonds is 3. The van der Waals surface area contributed by atoms with Crippen LogP contribution >= 0.6 is 0 Å². The molecular weight excluding hydrogens is 156 g/mol. The van der Waals surface area contributed by atoms with E-state index in [2.05, 4.69) is 5.32 Å². The number of carbonyl (C=O) groups excluding carboxylic acids is 1. The molecule has 1 aliphatic carbocycles. The molecule has 4 nitrogen and oxygen atoms in total. The Morgan fingerprint density at radius 3 is 2.58 bits per heavy atom. The van der Waals surface area contributed by atoms with E-state index in [0.717, 1.165) is 12.8 Å². The lowest BCUT2D eigenvalue weighted by atomic mass is 10.3. The zero-order chi connectivity index (χ0) is 9.19. The molecule has 0 atom stereocenters. The average Bonchev–Trinajstić information content (AvgIpc) is 2.67. The van der Waals surface area contributed by atoms with Crippen LogP contribution in [0.2, 0.25) is 0 Å². The molecule has 0 spiro atoms. The second-order valence-corrected chi connectivity index (χ2v) is 3.56. The van der Waals surface area contributed by atoms with Gasteiger partial charge in [-0.15, -0.1) is 0 Å². The lowest BCUT2D eigenvalue weighted by molar-refractivity contribution is 0.111. The number of alkyl carbamates (subject to hydrolysis) is 1. The summed E-state index contributed by atoms with van der Waals surface area (Å²) in [5.41, 5.74) is 5.33. The lowest BCUT2D eigenvalue weighted by Crippen LogP contribution is -2.43. The Kier molecular flexibility index (Phi) is 2.57. The van der Waals surface area contributed by atoms with Crippen LogP contribution in [0.1, 0.15) is 26.7 Å². The van der Waals surface area contributed by atoms with Crippen LogP contribution in [0, 0.1) is 0 Å². The summed E-state index contributed by atoms with van der Waals surface area (Å²) >= 11 is 0. The van der Waals surface area contributed by atoms with Gasteiger partial charge in [0.05, 0.1) is 11.6 Å². The Morgan fingerprint density at radius 2 is 2.25 bits per heavy atom. The van der Waals surface area contributed by atoms with Gasteiger partial charge in [0, 0.05) is 6.54 Å². The van der Waals surface area contributed by atoms with E-state index in [4.69, 9.17) is 10.5 Å². The van der Waals surface area contributed by atoms with Crippen LogP contribution in [0.5, 0.6) is 0 Å². The van der Waals surface area contributed by atoms with Gasteiger partial charge in [-0.1, -0.05) is 0 Å². The molecule has 1 saturated carbocycles. The monoisotopic (exact) mass is 172 g/mol. The molecule has 0 heterocycles. The second kappa shape index (κ2) is 3.31. The minimum atomic E-state index is -0.354. The highest BCUT2D eigenvalue weighted by Crippen LogP contribution is 2.33. The van der Waals surface area contributed by atoms with E-state index in [1.54, 1.807) is 0 Å². The van der Waals surface area contributed by atoms with Crippen molar-refractivity contribution < 1.29 is 9.53 Å². The van der Waals surface area contributed by atoms with Crippen LogP contribution in [0.3, 0.4) is 0 Å². The molecule has 0 bridgehead atoms. The van der Waals surface area contributed by atoms with Crippen LogP contribution < -0.4 is 11.1 Å². The van der Waals surface area contributed by atoms with Gasteiger partial charge in [-0.05, 0) is 26.7 Å². The molecule has 0 aromatic carbocycles. The van der Waals surface area contributed by atoms with Gasteiger partial charge < -0.3 is 15.8 Å². The minimum absolute atomic E-state index is 0.0708. The van der Waals surface area contributed by atoms with Crippen molar-refractivity contribution in [2.75, 3.05) is 6.54 Å². The first kappa shape index (κ1) is 9.32. The molecule has 0 saturated heterocycles. The lowest BCUT2D eigenvalue weighted by Gasteiger charge is -2.16. The van der Waals surface area contributed by atoms with Crippen molar-refractivity contribution in [3.8, 4) is 0 Å². The maximum Gasteiger partial charge on any atom is 0.407 e. The summed E-state index contributed by atoms with van der Waals surface area (Å²) in [6.07, 6.45) is 1.51. The van der Waals surface area contributed by atoms with Crippen LogP contribution in [0.4, 0.5) is 4.79 Å². The molecule has 3 N–H and O–H groups in total. The number of amides is 1. The van der Waals surface area contributed by atoms with Crippen LogP contribution in [0.15, 0.2) is 0 Å². The van der Waals surface area contributed by atoms with Gasteiger partial charge in [-0.2, -0.15) is 0 Å². The van der Waals surface area contributed by atoms with Gasteiger partial charge in [-0.25, -0.2) is 4.79 Å². The Balaban J connectivity index is 2.26. The highest BCUT2D eigenvalue weighted by atomic mass is 16.6. The Bertz CT molecular complexity index is 176. The third-order valence-electron chi connectivity index (χ3n) is 1.95. The molecule has 0 unspecified atom stereocenters. The van der Waals surface area contributed by atoms with Crippen molar-refractivity contribution in [2.24, 2.45) is 5.73 Å². The van der Waals surface area contributed by atoms with E-state index < -0.39 is 0 Å². The van der Waals surface area contributed by atoms with Crippen molar-refractivity contribution in [3.63, 3.8) is 0 Å². The summed E-state index contributed by atoms with van der Waals surface area (Å²) < 4.78 is 4.92. The van der Waals surface area contributed by atoms with E-state index in [1.165, 1.54) is 0 Å². The third-order valence-corrected chi connectivity index (χ3v) is 1.95. The standard InChI is InChI=1S/C8H16N2O2/c1-6(2)12-7(11)10-8(5-9)3-4-8/h6H,3-5,9H2,1-2H3,(H,10,11). The Morgan fingerprint density at radius 1 is 1.67 bits per heavy atom. The predicted octanol–water partition coefficient (Wildman–Crippen LogP) is 0.612. The summed E-state index contributed by atoms with van der Waals surface area (Å²) in [5, 5.41) is 2.76. The largest absolute Gasteiger partial charge is 0.447 e. The highest BCUT2D eigenvalue weighted by molar-refractivity contribution is 5.69.